The summed E-state index contributed by atoms with van der Waals surface area (Å²) in [7, 11) is 0. The maximum absolute atomic E-state index is 12.3. The number of carboxylic acid groups (broad SMARTS) is 1. The van der Waals surface area contributed by atoms with Crippen LogP contribution in [0.1, 0.15) is 18.7 Å². The fraction of sp³-hybridized carbons (Fsp3) is 0.111. The summed E-state index contributed by atoms with van der Waals surface area (Å²) in [6.45, 7) is 0. The minimum atomic E-state index is -2.53. The van der Waals surface area contributed by atoms with Gasteiger partial charge in [-0.15, -0.1) is 0 Å². The van der Waals surface area contributed by atoms with Gasteiger partial charge in [0.15, 0.2) is 0 Å². The van der Waals surface area contributed by atoms with E-state index in [2.05, 4.69) is 10.3 Å². The van der Waals surface area contributed by atoms with Crippen molar-refractivity contribution in [1.29, 1.82) is 0 Å². The van der Waals surface area contributed by atoms with Crippen LogP contribution in [0.2, 0.25) is 0 Å². The molecule has 3 aromatic rings. The van der Waals surface area contributed by atoms with Crippen LogP contribution in [0.4, 0.5) is 0 Å². The number of aliphatic carboxylic acids is 1. The van der Waals surface area contributed by atoms with Crippen molar-refractivity contribution in [2.75, 3.05) is 0 Å². The number of carbonyl (C=O) groups is 2. The van der Waals surface area contributed by atoms with Crippen molar-refractivity contribution in [2.24, 2.45) is 0 Å². The highest BCUT2D eigenvalue weighted by molar-refractivity contribution is 5.96. The molecular weight excluding hydrogens is 292 g/mol. The van der Waals surface area contributed by atoms with Gasteiger partial charge in [0.05, 0.1) is 1.37 Å². The summed E-state index contributed by atoms with van der Waals surface area (Å²) < 4.78 is 16.6. The van der Waals surface area contributed by atoms with E-state index in [4.69, 9.17) is 2.74 Å². The van der Waals surface area contributed by atoms with Crippen LogP contribution in [0.5, 0.6) is 0 Å². The molecule has 0 aliphatic heterocycles. The number of nitrogens with one attached hydrogen (secondary N) is 2. The van der Waals surface area contributed by atoms with Gasteiger partial charge in [0.1, 0.15) is 6.02 Å². The molecule has 0 aliphatic rings. The third-order valence-corrected chi connectivity index (χ3v) is 3.44. The van der Waals surface area contributed by atoms with Crippen molar-refractivity contribution in [3.05, 3.63) is 71.9 Å². The summed E-state index contributed by atoms with van der Waals surface area (Å²) >= 11 is 0. The van der Waals surface area contributed by atoms with Crippen LogP contribution >= 0.6 is 0 Å². The maximum Gasteiger partial charge on any atom is 0.326 e. The van der Waals surface area contributed by atoms with Crippen LogP contribution in [0.15, 0.2) is 60.8 Å². The summed E-state index contributed by atoms with van der Waals surface area (Å²) in [6, 6.07) is 12.6. The molecule has 1 amide bonds. The van der Waals surface area contributed by atoms with Gasteiger partial charge in [0.2, 0.25) is 0 Å². The van der Waals surface area contributed by atoms with Crippen molar-refractivity contribution in [3.63, 3.8) is 0 Å². The van der Waals surface area contributed by atoms with Crippen molar-refractivity contribution in [2.45, 2.75) is 12.4 Å². The number of carbonyl (C=O) groups excluding carboxylic acids is 1. The average molecular weight is 310 g/mol. The zero-order valence-electron chi connectivity index (χ0n) is 14.1. The molecule has 23 heavy (non-hydrogen) atoms. The van der Waals surface area contributed by atoms with Gasteiger partial charge in [-0.25, -0.2) is 4.79 Å². The van der Waals surface area contributed by atoms with Crippen LogP contribution in [0.25, 0.3) is 10.9 Å². The monoisotopic (exact) mass is 310 g/mol. The van der Waals surface area contributed by atoms with Gasteiger partial charge >= 0.3 is 5.97 Å². The van der Waals surface area contributed by atoms with E-state index in [1.54, 1.807) is 36.4 Å². The van der Waals surface area contributed by atoms with E-state index < -0.39 is 24.3 Å². The topological polar surface area (TPSA) is 82.2 Å². The molecule has 2 aromatic carbocycles. The lowest BCUT2D eigenvalue weighted by molar-refractivity contribution is -0.139. The second-order valence-electron chi connectivity index (χ2n) is 4.97. The number of para-hydroxylation sites is 1. The molecule has 3 rings (SSSR count). The van der Waals surface area contributed by atoms with Crippen LogP contribution in [0.3, 0.4) is 0 Å². The highest BCUT2D eigenvalue weighted by Gasteiger charge is 2.22. The Morgan fingerprint density at radius 1 is 1.17 bits per heavy atom. The number of carboxylic acids is 1. The summed E-state index contributed by atoms with van der Waals surface area (Å²) in [4.78, 5) is 27.0. The van der Waals surface area contributed by atoms with Gasteiger partial charge in [-0.05, 0) is 23.8 Å². The summed E-state index contributed by atoms with van der Waals surface area (Å²) in [5.41, 5.74) is 1.30. The standard InChI is InChI=1S/C18H16N2O3/c21-17(12-6-2-1-3-7-12)20-16(18(22)23)10-13-11-19-15-9-5-4-8-14(13)15/h1-9,11,16,19H,10H2,(H,20,21)(H,22,23)/t16-/m0/s1/i10D,16D/t10-,16-. The summed E-state index contributed by atoms with van der Waals surface area (Å²) in [5, 5.41) is 12.4. The van der Waals surface area contributed by atoms with E-state index in [1.165, 1.54) is 18.3 Å². The summed E-state index contributed by atoms with van der Waals surface area (Å²) in [5.74, 6) is -2.31. The van der Waals surface area contributed by atoms with Crippen molar-refractivity contribution < 1.29 is 17.4 Å². The van der Waals surface area contributed by atoms with Gasteiger partial charge in [0.25, 0.3) is 5.91 Å². The first-order valence-corrected chi connectivity index (χ1v) is 7.02. The molecular formula is C18H16N2O3. The van der Waals surface area contributed by atoms with Crippen molar-refractivity contribution in [3.8, 4) is 0 Å². The van der Waals surface area contributed by atoms with E-state index in [9.17, 15) is 14.7 Å². The predicted octanol–water partition coefficient (Wildman–Crippen LogP) is 2.59. The smallest absolute Gasteiger partial charge is 0.326 e. The van der Waals surface area contributed by atoms with Gasteiger partial charge < -0.3 is 15.4 Å². The molecule has 0 aliphatic carbocycles. The van der Waals surface area contributed by atoms with Crippen LogP contribution in [-0.2, 0) is 11.2 Å². The zero-order valence-corrected chi connectivity index (χ0v) is 12.1. The SMILES string of the molecule is [2H][C@@H](c1c[nH]c2ccccc12)[C@]([2H])(NC(=O)c1ccccc1)C(=O)O. The predicted molar refractivity (Wildman–Crippen MR) is 87.3 cm³/mol. The van der Waals surface area contributed by atoms with Crippen LogP contribution < -0.4 is 5.32 Å². The molecule has 0 bridgehead atoms. The first-order chi connectivity index (χ1) is 11.9. The lowest BCUT2D eigenvalue weighted by Crippen LogP contribution is -2.42. The molecule has 0 spiro atoms. The highest BCUT2D eigenvalue weighted by atomic mass is 16.4. The first kappa shape index (κ1) is 12.5. The van der Waals surface area contributed by atoms with Crippen LogP contribution in [-0.4, -0.2) is 28.0 Å². The molecule has 0 unspecified atom stereocenters. The number of benzene rings is 2. The second kappa shape index (κ2) is 6.36. The van der Waals surface area contributed by atoms with Gasteiger partial charge in [-0.1, -0.05) is 36.4 Å². The fourth-order valence-corrected chi connectivity index (χ4v) is 2.30. The third kappa shape index (κ3) is 3.23. The molecule has 0 saturated carbocycles. The molecule has 1 heterocycles. The van der Waals surface area contributed by atoms with Crippen molar-refractivity contribution >= 4 is 22.8 Å². The Labute approximate surface area is 135 Å². The highest BCUT2D eigenvalue weighted by Crippen LogP contribution is 2.19. The Hall–Kier alpha value is -3.08. The Bertz CT molecular complexity index is 926. The third-order valence-electron chi connectivity index (χ3n) is 3.44. The van der Waals surface area contributed by atoms with E-state index >= 15 is 0 Å². The molecule has 116 valence electrons. The molecule has 2 atom stereocenters. The number of H-pyrrole nitrogens is 1. The molecule has 0 radical (unpaired) electrons. The Morgan fingerprint density at radius 2 is 1.87 bits per heavy atom. The lowest BCUT2D eigenvalue weighted by atomic mass is 10.0. The number of aromatic nitrogens is 1. The number of amides is 1. The minimum Gasteiger partial charge on any atom is -0.480 e. The average Bonchev–Trinajstić information content (AvgIpc) is 3.05. The maximum atomic E-state index is 12.3. The second-order valence-corrected chi connectivity index (χ2v) is 4.97. The van der Waals surface area contributed by atoms with Gasteiger partial charge in [-0.2, -0.15) is 0 Å². The number of fused-ring (bicyclic) bond motifs is 1. The molecule has 1 aromatic heterocycles. The van der Waals surface area contributed by atoms with Gasteiger partial charge in [0, 0.05) is 30.4 Å². The van der Waals surface area contributed by atoms with E-state index in [1.807, 2.05) is 6.07 Å². The van der Waals surface area contributed by atoms with E-state index in [0.29, 0.717) is 10.9 Å². The molecule has 0 saturated heterocycles. The molecule has 0 fully saturated rings. The number of hydrogen-bond donors (Lipinski definition) is 3. The zero-order chi connectivity index (χ0) is 18.0. The van der Waals surface area contributed by atoms with Gasteiger partial charge in [-0.3, -0.25) is 4.79 Å². The first-order valence-electron chi connectivity index (χ1n) is 8.10. The molecule has 5 heteroatoms. The summed E-state index contributed by atoms with van der Waals surface area (Å²) in [6.07, 6.45) is -0.0164. The van der Waals surface area contributed by atoms with Crippen molar-refractivity contribution in [1.82, 2.24) is 10.3 Å². The largest absolute Gasteiger partial charge is 0.480 e. The number of hydrogen-bond acceptors (Lipinski definition) is 2. The Kier molecular flexibility index (Phi) is 3.44. The lowest BCUT2D eigenvalue weighted by Gasteiger charge is -2.14. The quantitative estimate of drug-likeness (QED) is 0.677. The normalized spacial score (nSPS) is 16.0. The van der Waals surface area contributed by atoms with Crippen LogP contribution in [0, 0.1) is 0 Å². The Morgan fingerprint density at radius 3 is 2.61 bits per heavy atom. The Balaban J connectivity index is 1.97. The number of rotatable bonds is 5. The number of aromatic amines is 1. The molecule has 5 nitrogen and oxygen atoms in total. The molecule has 3 N–H and O–H groups in total. The van der Waals surface area contributed by atoms with E-state index in [-0.39, 0.29) is 5.56 Å². The minimum absolute atomic E-state index is 0.228. The fourth-order valence-electron chi connectivity index (χ4n) is 2.30. The van der Waals surface area contributed by atoms with E-state index in [0.717, 1.165) is 5.52 Å².